The number of para-hydroxylation sites is 1. The molecule has 1 aromatic carbocycles. The Kier molecular flexibility index (Phi) is 5.09. The molecule has 0 saturated heterocycles. The van der Waals surface area contributed by atoms with Gasteiger partial charge in [-0.3, -0.25) is 9.80 Å². The van der Waals surface area contributed by atoms with Crippen molar-refractivity contribution in [2.75, 3.05) is 24.0 Å². The lowest BCUT2D eigenvalue weighted by molar-refractivity contribution is 0.251. The quantitative estimate of drug-likeness (QED) is 0.632. The molecule has 0 unspecified atom stereocenters. The first-order chi connectivity index (χ1) is 15.0. The van der Waals surface area contributed by atoms with E-state index in [0.29, 0.717) is 16.9 Å². The predicted molar refractivity (Wildman–Crippen MR) is 106 cm³/mol. The first-order valence-electron chi connectivity index (χ1n) is 9.02. The fourth-order valence-corrected chi connectivity index (χ4v) is 3.32. The number of hydrogen-bond donors (Lipinski definition) is 0. The van der Waals surface area contributed by atoms with E-state index in [1.165, 1.54) is 31.4 Å². The first-order valence-corrected chi connectivity index (χ1v) is 9.02. The van der Waals surface area contributed by atoms with Gasteiger partial charge in [-0.15, -0.1) is 0 Å². The summed E-state index contributed by atoms with van der Waals surface area (Å²) in [5, 5.41) is 9.22. The highest BCUT2D eigenvalue weighted by Gasteiger charge is 2.38. The topological polar surface area (TPSA) is 91.6 Å². The van der Waals surface area contributed by atoms with Crippen LogP contribution in [0.25, 0.3) is 0 Å². The number of nitriles is 1. The molecule has 8 nitrogen and oxygen atoms in total. The second kappa shape index (κ2) is 7.87. The molecule has 0 saturated carbocycles. The number of carbonyl (C=O) groups excluding carboxylic acids is 1. The molecule has 4 rings (SSSR count). The number of halogens is 2. The van der Waals surface area contributed by atoms with Gasteiger partial charge in [-0.2, -0.15) is 19.0 Å². The van der Waals surface area contributed by atoms with E-state index in [1.807, 2.05) is 6.07 Å². The lowest BCUT2D eigenvalue weighted by atomic mass is 10.1. The minimum atomic E-state index is -1.15. The van der Waals surface area contributed by atoms with Gasteiger partial charge in [0.15, 0.2) is 0 Å². The van der Waals surface area contributed by atoms with Gasteiger partial charge in [-0.05, 0) is 18.2 Å². The molecule has 0 atom stereocenters. The number of urea groups is 1. The SMILES string of the molecule is COc1nc(OC)c(F)c(N2Cc3cnc(C#N)cc3N(c3ccccc3)C2=O)c1F. The summed E-state index contributed by atoms with van der Waals surface area (Å²) in [7, 11) is 2.34. The first kappa shape index (κ1) is 20.0. The van der Waals surface area contributed by atoms with Crippen LogP contribution in [0.1, 0.15) is 11.3 Å². The third-order valence-electron chi connectivity index (χ3n) is 4.73. The molecule has 156 valence electrons. The molecule has 0 bridgehead atoms. The van der Waals surface area contributed by atoms with Crippen LogP contribution in [0.3, 0.4) is 0 Å². The normalized spacial score (nSPS) is 12.9. The Balaban J connectivity index is 1.95. The van der Waals surface area contributed by atoms with Gasteiger partial charge >= 0.3 is 6.03 Å². The van der Waals surface area contributed by atoms with E-state index < -0.39 is 35.1 Å². The smallest absolute Gasteiger partial charge is 0.334 e. The van der Waals surface area contributed by atoms with Gasteiger partial charge < -0.3 is 9.47 Å². The van der Waals surface area contributed by atoms with Crippen LogP contribution in [-0.4, -0.2) is 30.2 Å². The molecule has 3 heterocycles. The van der Waals surface area contributed by atoms with Crippen LogP contribution < -0.4 is 19.3 Å². The van der Waals surface area contributed by atoms with Crippen molar-refractivity contribution in [3.8, 4) is 17.8 Å². The molecule has 1 aliphatic heterocycles. The molecular weight excluding hydrogens is 408 g/mol. The highest BCUT2D eigenvalue weighted by atomic mass is 19.1. The average Bonchev–Trinajstić information content (AvgIpc) is 2.80. The summed E-state index contributed by atoms with van der Waals surface area (Å²) in [4.78, 5) is 23.4. The van der Waals surface area contributed by atoms with E-state index in [-0.39, 0.29) is 12.2 Å². The zero-order valence-corrected chi connectivity index (χ0v) is 16.5. The number of methoxy groups -OCH3 is 2. The Morgan fingerprint density at radius 2 is 1.74 bits per heavy atom. The number of nitrogens with zero attached hydrogens (tertiary/aromatic N) is 5. The third-order valence-corrected chi connectivity index (χ3v) is 4.73. The van der Waals surface area contributed by atoms with Crippen molar-refractivity contribution in [2.24, 2.45) is 0 Å². The molecule has 2 aromatic heterocycles. The highest BCUT2D eigenvalue weighted by molar-refractivity contribution is 6.11. The standard InChI is InChI=1S/C21H15F2N5O3/c1-30-19-16(22)18(17(23)20(26-19)31-2)27-11-12-10-25-13(9-24)8-15(12)28(21(27)29)14-6-4-3-5-7-14/h3-8,10H,11H2,1-2H3. The van der Waals surface area contributed by atoms with Crippen LogP contribution in [0.15, 0.2) is 42.6 Å². The van der Waals surface area contributed by atoms with E-state index in [2.05, 4.69) is 9.97 Å². The molecule has 3 aromatic rings. The van der Waals surface area contributed by atoms with Crippen molar-refractivity contribution < 1.29 is 23.0 Å². The van der Waals surface area contributed by atoms with Crippen LogP contribution in [0, 0.1) is 23.0 Å². The van der Waals surface area contributed by atoms with Crippen molar-refractivity contribution in [1.82, 2.24) is 9.97 Å². The molecule has 0 spiro atoms. The highest BCUT2D eigenvalue weighted by Crippen LogP contribution is 2.41. The summed E-state index contributed by atoms with van der Waals surface area (Å²) < 4.78 is 39.9. The zero-order valence-electron chi connectivity index (χ0n) is 16.5. The summed E-state index contributed by atoms with van der Waals surface area (Å²) in [6.45, 7) is -0.194. The van der Waals surface area contributed by atoms with Crippen LogP contribution in [0.4, 0.5) is 30.6 Å². The van der Waals surface area contributed by atoms with Gasteiger partial charge in [0.2, 0.25) is 11.6 Å². The van der Waals surface area contributed by atoms with Crippen LogP contribution in [0.5, 0.6) is 11.8 Å². The van der Waals surface area contributed by atoms with E-state index in [9.17, 15) is 10.1 Å². The van der Waals surface area contributed by atoms with Crippen molar-refractivity contribution in [3.05, 3.63) is 65.5 Å². The van der Waals surface area contributed by atoms with Gasteiger partial charge in [0.25, 0.3) is 11.8 Å². The van der Waals surface area contributed by atoms with Crippen molar-refractivity contribution in [3.63, 3.8) is 0 Å². The number of anilines is 3. The molecule has 2 amide bonds. The summed E-state index contributed by atoms with van der Waals surface area (Å²) in [6.07, 6.45) is 1.40. The molecule has 1 aliphatic rings. The number of pyridine rings is 2. The number of rotatable bonds is 4. The predicted octanol–water partition coefficient (Wildman–Crippen LogP) is 3.92. The fraction of sp³-hybridized carbons (Fsp3) is 0.143. The Morgan fingerprint density at radius 1 is 1.10 bits per heavy atom. The summed E-state index contributed by atoms with van der Waals surface area (Å²) >= 11 is 0. The number of ether oxygens (including phenoxy) is 2. The largest absolute Gasteiger partial charge is 0.479 e. The molecule has 31 heavy (non-hydrogen) atoms. The molecule has 10 heteroatoms. The summed E-state index contributed by atoms with van der Waals surface area (Å²) in [5.74, 6) is -3.33. The molecular formula is C21H15F2N5O3. The molecule has 0 N–H and O–H groups in total. The van der Waals surface area contributed by atoms with Gasteiger partial charge in [0.1, 0.15) is 17.5 Å². The van der Waals surface area contributed by atoms with Crippen molar-refractivity contribution >= 4 is 23.1 Å². The third kappa shape index (κ3) is 3.26. The summed E-state index contributed by atoms with van der Waals surface area (Å²) in [6, 6.07) is 11.2. The minimum Gasteiger partial charge on any atom is -0.479 e. The van der Waals surface area contributed by atoms with E-state index in [4.69, 9.17) is 9.47 Å². The Morgan fingerprint density at radius 3 is 2.32 bits per heavy atom. The van der Waals surface area contributed by atoms with Gasteiger partial charge in [0, 0.05) is 11.8 Å². The van der Waals surface area contributed by atoms with Crippen LogP contribution >= 0.6 is 0 Å². The number of hydrogen-bond acceptors (Lipinski definition) is 6. The van der Waals surface area contributed by atoms with Crippen LogP contribution in [-0.2, 0) is 6.54 Å². The van der Waals surface area contributed by atoms with E-state index >= 15 is 8.78 Å². The zero-order chi connectivity index (χ0) is 22.1. The van der Waals surface area contributed by atoms with Gasteiger partial charge in [-0.25, -0.2) is 9.78 Å². The second-order valence-corrected chi connectivity index (χ2v) is 6.46. The summed E-state index contributed by atoms with van der Waals surface area (Å²) in [5.41, 5.74) is 0.765. The number of amides is 2. The number of carbonyl (C=O) groups is 1. The number of fused-ring (bicyclic) bond motifs is 1. The maximum absolute atomic E-state index is 15.1. The van der Waals surface area contributed by atoms with E-state index in [1.54, 1.807) is 30.3 Å². The second-order valence-electron chi connectivity index (χ2n) is 6.46. The fourth-order valence-electron chi connectivity index (χ4n) is 3.32. The van der Waals surface area contributed by atoms with Gasteiger partial charge in [-0.1, -0.05) is 18.2 Å². The average molecular weight is 423 g/mol. The Bertz CT molecular complexity index is 1190. The van der Waals surface area contributed by atoms with Gasteiger partial charge in [0.05, 0.1) is 32.1 Å². The number of benzene rings is 1. The van der Waals surface area contributed by atoms with E-state index in [0.717, 1.165) is 4.90 Å². The number of aromatic nitrogens is 2. The lowest BCUT2D eigenvalue weighted by Gasteiger charge is -2.37. The Labute approximate surface area is 175 Å². The molecule has 0 aliphatic carbocycles. The van der Waals surface area contributed by atoms with Crippen LogP contribution in [0.2, 0.25) is 0 Å². The monoisotopic (exact) mass is 423 g/mol. The van der Waals surface area contributed by atoms with Crippen molar-refractivity contribution in [2.45, 2.75) is 6.54 Å². The molecule has 0 radical (unpaired) electrons. The minimum absolute atomic E-state index is 0.102. The van der Waals surface area contributed by atoms with Crippen molar-refractivity contribution in [1.29, 1.82) is 5.26 Å². The Hall–Kier alpha value is -4.26. The maximum Gasteiger partial charge on any atom is 0.334 e. The lowest BCUT2D eigenvalue weighted by Crippen LogP contribution is -2.46. The maximum atomic E-state index is 15.1. The molecule has 0 fully saturated rings.